The molecule has 0 unspecified atom stereocenters. The molecule has 31 heavy (non-hydrogen) atoms. The van der Waals surface area contributed by atoms with E-state index in [2.05, 4.69) is 10.6 Å². The fourth-order valence-corrected chi connectivity index (χ4v) is 2.95. The lowest BCUT2D eigenvalue weighted by atomic mass is 10.1. The minimum atomic E-state index is -0.776. The number of rotatable bonds is 9. The number of hydrogen-bond acceptors (Lipinski definition) is 6. The Labute approximate surface area is 179 Å². The first-order valence-electron chi connectivity index (χ1n) is 9.71. The van der Waals surface area contributed by atoms with E-state index in [4.69, 9.17) is 9.47 Å². The molecule has 1 aromatic heterocycles. The van der Waals surface area contributed by atoms with E-state index in [0.29, 0.717) is 23.6 Å². The van der Waals surface area contributed by atoms with Crippen LogP contribution in [0, 0.1) is 0 Å². The molecule has 0 aliphatic rings. The van der Waals surface area contributed by atoms with Crippen molar-refractivity contribution in [3.05, 3.63) is 56.4 Å². The number of aromatic nitrogens is 2. The fourth-order valence-electron chi connectivity index (χ4n) is 2.95. The molecule has 1 aromatic carbocycles. The summed E-state index contributed by atoms with van der Waals surface area (Å²) in [4.78, 5) is 48.2. The minimum absolute atomic E-state index is 0.00743. The Hall–Kier alpha value is -3.56. The topological polar surface area (TPSA) is 121 Å². The number of nitrogens with one attached hydrogen (secondary N) is 2. The number of aryl methyl sites for hydroxylation is 1. The molecule has 2 rings (SSSR count). The van der Waals surface area contributed by atoms with Crippen molar-refractivity contribution in [3.63, 3.8) is 0 Å². The van der Waals surface area contributed by atoms with Crippen molar-refractivity contribution < 1.29 is 19.1 Å². The third-order valence-electron chi connectivity index (χ3n) is 4.93. The van der Waals surface area contributed by atoms with Gasteiger partial charge >= 0.3 is 5.69 Å². The average molecular weight is 432 g/mol. The lowest BCUT2D eigenvalue weighted by Gasteiger charge is -2.15. The molecule has 0 aliphatic carbocycles. The van der Waals surface area contributed by atoms with Crippen LogP contribution in [0.25, 0.3) is 0 Å². The molecule has 2 amide bonds. The van der Waals surface area contributed by atoms with Crippen LogP contribution in [-0.4, -0.2) is 41.2 Å². The van der Waals surface area contributed by atoms with Gasteiger partial charge in [-0.25, -0.2) is 4.79 Å². The maximum absolute atomic E-state index is 12.3. The Bertz CT molecular complexity index is 1070. The Kier molecular flexibility index (Phi) is 8.00. The van der Waals surface area contributed by atoms with Gasteiger partial charge in [0, 0.05) is 32.3 Å². The van der Waals surface area contributed by atoms with Gasteiger partial charge in [-0.05, 0) is 31.0 Å². The monoisotopic (exact) mass is 432 g/mol. The summed E-state index contributed by atoms with van der Waals surface area (Å²) < 4.78 is 12.7. The summed E-state index contributed by atoms with van der Waals surface area (Å²) in [7, 11) is 5.99. The van der Waals surface area contributed by atoms with Crippen molar-refractivity contribution in [2.24, 2.45) is 14.1 Å². The van der Waals surface area contributed by atoms with Crippen LogP contribution in [0.15, 0.2) is 33.9 Å². The van der Waals surface area contributed by atoms with Crippen LogP contribution in [0.4, 0.5) is 0 Å². The number of methoxy groups -OCH3 is 2. The lowest BCUT2D eigenvalue weighted by molar-refractivity contribution is -0.128. The summed E-state index contributed by atoms with van der Waals surface area (Å²) in [6, 6.07) is 5.93. The van der Waals surface area contributed by atoms with Crippen molar-refractivity contribution in [1.82, 2.24) is 19.8 Å². The van der Waals surface area contributed by atoms with Crippen molar-refractivity contribution >= 4 is 11.8 Å². The quantitative estimate of drug-likeness (QED) is 0.569. The number of benzene rings is 1. The van der Waals surface area contributed by atoms with Gasteiger partial charge in [-0.15, -0.1) is 0 Å². The van der Waals surface area contributed by atoms with E-state index in [1.807, 2.05) is 6.07 Å². The van der Waals surface area contributed by atoms with Crippen LogP contribution < -0.4 is 31.4 Å². The van der Waals surface area contributed by atoms with Gasteiger partial charge in [-0.2, -0.15) is 0 Å². The molecule has 1 heterocycles. The zero-order chi connectivity index (χ0) is 23.1. The van der Waals surface area contributed by atoms with E-state index >= 15 is 0 Å². The van der Waals surface area contributed by atoms with Crippen molar-refractivity contribution in [1.29, 1.82) is 0 Å². The Balaban J connectivity index is 1.88. The van der Waals surface area contributed by atoms with Gasteiger partial charge in [0.05, 0.1) is 20.8 Å². The maximum atomic E-state index is 12.3. The standard InChI is InChI=1S/C21H28N4O6/c1-13(20(28)22-12-15-11-19(27)25(3)21(29)24(15)2)23-18(26)9-7-14-6-8-16(30-4)17(10-14)31-5/h6,8,10-11,13H,7,9,12H2,1-5H3,(H,22,28)(H,23,26)/t13-/m1/s1. The van der Waals surface area contributed by atoms with Gasteiger partial charge < -0.3 is 20.1 Å². The Morgan fingerprint density at radius 3 is 2.35 bits per heavy atom. The van der Waals surface area contributed by atoms with Gasteiger partial charge in [-0.3, -0.25) is 23.5 Å². The summed E-state index contributed by atoms with van der Waals surface area (Å²) in [5, 5.41) is 5.27. The molecule has 0 fully saturated rings. The summed E-state index contributed by atoms with van der Waals surface area (Å²) in [5.41, 5.74) is 0.335. The highest BCUT2D eigenvalue weighted by Crippen LogP contribution is 2.27. The molecule has 0 aliphatic heterocycles. The second-order valence-corrected chi connectivity index (χ2v) is 7.07. The van der Waals surface area contributed by atoms with Gasteiger partial charge in [-0.1, -0.05) is 6.07 Å². The predicted molar refractivity (Wildman–Crippen MR) is 114 cm³/mol. The lowest BCUT2D eigenvalue weighted by Crippen LogP contribution is -2.45. The second kappa shape index (κ2) is 10.5. The van der Waals surface area contributed by atoms with Crippen molar-refractivity contribution in [3.8, 4) is 11.5 Å². The van der Waals surface area contributed by atoms with Gasteiger partial charge in [0.25, 0.3) is 5.56 Å². The fraction of sp³-hybridized carbons (Fsp3) is 0.429. The van der Waals surface area contributed by atoms with Crippen LogP contribution in [0.1, 0.15) is 24.6 Å². The molecule has 0 saturated heterocycles. The molecule has 2 aromatic rings. The normalized spacial score (nSPS) is 11.5. The molecule has 0 spiro atoms. The van der Waals surface area contributed by atoms with Crippen LogP contribution in [0.5, 0.6) is 11.5 Å². The highest BCUT2D eigenvalue weighted by molar-refractivity contribution is 5.87. The van der Waals surface area contributed by atoms with E-state index in [1.54, 1.807) is 33.3 Å². The smallest absolute Gasteiger partial charge is 0.330 e. The molecule has 0 radical (unpaired) electrons. The predicted octanol–water partition coefficient (Wildman–Crippen LogP) is -0.145. The number of amides is 2. The van der Waals surface area contributed by atoms with Gasteiger partial charge in [0.15, 0.2) is 11.5 Å². The Morgan fingerprint density at radius 2 is 1.71 bits per heavy atom. The summed E-state index contributed by atoms with van der Waals surface area (Å²) in [6.07, 6.45) is 0.659. The third-order valence-corrected chi connectivity index (χ3v) is 4.93. The molecule has 0 bridgehead atoms. The van der Waals surface area contributed by atoms with Crippen LogP contribution in [-0.2, 0) is 36.6 Å². The first kappa shape index (κ1) is 23.7. The molecular weight excluding hydrogens is 404 g/mol. The van der Waals surface area contributed by atoms with Crippen molar-refractivity contribution in [2.45, 2.75) is 32.4 Å². The molecule has 168 valence electrons. The second-order valence-electron chi connectivity index (χ2n) is 7.07. The molecule has 10 heteroatoms. The van der Waals surface area contributed by atoms with Gasteiger partial charge in [0.2, 0.25) is 11.8 Å². The number of carbonyl (C=O) groups is 2. The first-order chi connectivity index (χ1) is 14.7. The Morgan fingerprint density at radius 1 is 1.03 bits per heavy atom. The molecule has 10 nitrogen and oxygen atoms in total. The molecular formula is C21H28N4O6. The zero-order valence-corrected chi connectivity index (χ0v) is 18.4. The number of carbonyl (C=O) groups excluding carboxylic acids is 2. The minimum Gasteiger partial charge on any atom is -0.493 e. The van der Waals surface area contributed by atoms with E-state index in [1.165, 1.54) is 24.7 Å². The van der Waals surface area contributed by atoms with Crippen LogP contribution >= 0.6 is 0 Å². The number of hydrogen-bond donors (Lipinski definition) is 2. The van der Waals surface area contributed by atoms with E-state index in [0.717, 1.165) is 10.1 Å². The summed E-state index contributed by atoms with van der Waals surface area (Å²) >= 11 is 0. The van der Waals surface area contributed by atoms with E-state index < -0.39 is 23.2 Å². The zero-order valence-electron chi connectivity index (χ0n) is 18.4. The van der Waals surface area contributed by atoms with Crippen LogP contribution in [0.3, 0.4) is 0 Å². The number of ether oxygens (including phenoxy) is 2. The van der Waals surface area contributed by atoms with Crippen LogP contribution in [0.2, 0.25) is 0 Å². The van der Waals surface area contributed by atoms with E-state index in [9.17, 15) is 19.2 Å². The number of nitrogens with zero attached hydrogens (tertiary/aromatic N) is 2. The highest BCUT2D eigenvalue weighted by Gasteiger charge is 2.16. The van der Waals surface area contributed by atoms with Crippen molar-refractivity contribution in [2.75, 3.05) is 14.2 Å². The summed E-state index contributed by atoms with van der Waals surface area (Å²) in [6.45, 7) is 1.55. The van der Waals surface area contributed by atoms with E-state index in [-0.39, 0.29) is 18.9 Å². The average Bonchev–Trinajstić information content (AvgIpc) is 2.77. The molecule has 2 N–H and O–H groups in total. The molecule has 1 atom stereocenters. The first-order valence-corrected chi connectivity index (χ1v) is 9.71. The molecule has 0 saturated carbocycles. The SMILES string of the molecule is COc1ccc(CCC(=O)N[C@H](C)C(=O)NCc2cc(=O)n(C)c(=O)n2C)cc1OC. The highest BCUT2D eigenvalue weighted by atomic mass is 16.5. The van der Waals surface area contributed by atoms with Gasteiger partial charge in [0.1, 0.15) is 6.04 Å². The largest absolute Gasteiger partial charge is 0.493 e. The third kappa shape index (κ3) is 5.97. The summed E-state index contributed by atoms with van der Waals surface area (Å²) in [5.74, 6) is 0.485. The maximum Gasteiger partial charge on any atom is 0.330 e.